The van der Waals surface area contributed by atoms with Gasteiger partial charge in [-0.3, -0.25) is 19.3 Å². The molecule has 0 bridgehead atoms. The quantitative estimate of drug-likeness (QED) is 0.642. The van der Waals surface area contributed by atoms with Gasteiger partial charge in [0.1, 0.15) is 12.4 Å². The lowest BCUT2D eigenvalue weighted by Crippen LogP contribution is -2.37. The molecule has 8 nitrogen and oxygen atoms in total. The van der Waals surface area contributed by atoms with Gasteiger partial charge in [0.2, 0.25) is 5.91 Å². The number of anilines is 1. The lowest BCUT2D eigenvalue weighted by molar-refractivity contribution is -0.116. The van der Waals surface area contributed by atoms with Crippen molar-refractivity contribution in [2.24, 2.45) is 0 Å². The monoisotopic (exact) mass is 429 g/mol. The second kappa shape index (κ2) is 7.31. The van der Waals surface area contributed by atoms with Crippen LogP contribution in [0.4, 0.5) is 5.82 Å². The van der Waals surface area contributed by atoms with Crippen LogP contribution in [0.2, 0.25) is 10.0 Å². The van der Waals surface area contributed by atoms with Crippen LogP contribution in [0.3, 0.4) is 0 Å². The van der Waals surface area contributed by atoms with E-state index >= 15 is 0 Å². The van der Waals surface area contributed by atoms with Gasteiger partial charge < -0.3 is 5.32 Å². The number of carbonyl (C=O) groups is 3. The summed E-state index contributed by atoms with van der Waals surface area (Å²) in [5.74, 6) is -0.884. The van der Waals surface area contributed by atoms with Crippen molar-refractivity contribution in [3.05, 3.63) is 69.5 Å². The van der Waals surface area contributed by atoms with E-state index in [-0.39, 0.29) is 21.2 Å². The molecule has 146 valence electrons. The van der Waals surface area contributed by atoms with Crippen LogP contribution in [0.25, 0.3) is 5.82 Å². The highest BCUT2D eigenvalue weighted by Crippen LogP contribution is 2.31. The molecule has 2 aromatic heterocycles. The van der Waals surface area contributed by atoms with Crippen LogP contribution in [0.1, 0.15) is 26.4 Å². The number of rotatable bonds is 4. The minimum atomic E-state index is -0.604. The van der Waals surface area contributed by atoms with Gasteiger partial charge in [-0.1, -0.05) is 29.3 Å². The minimum Gasteiger partial charge on any atom is -0.309 e. The maximum absolute atomic E-state index is 12.6. The van der Waals surface area contributed by atoms with Crippen molar-refractivity contribution < 1.29 is 14.4 Å². The molecule has 3 heterocycles. The summed E-state index contributed by atoms with van der Waals surface area (Å²) in [6.07, 6.45) is 1.60. The first kappa shape index (κ1) is 19.1. The predicted octanol–water partition coefficient (Wildman–Crippen LogP) is 3.12. The Balaban J connectivity index is 1.55. The molecule has 0 fully saturated rings. The van der Waals surface area contributed by atoms with E-state index in [0.717, 1.165) is 4.90 Å². The van der Waals surface area contributed by atoms with Crippen molar-refractivity contribution in [1.82, 2.24) is 19.7 Å². The van der Waals surface area contributed by atoms with Crippen molar-refractivity contribution in [2.75, 3.05) is 11.9 Å². The fourth-order valence-electron chi connectivity index (χ4n) is 3.00. The zero-order chi connectivity index (χ0) is 20.7. The Morgan fingerprint density at radius 2 is 1.72 bits per heavy atom. The third kappa shape index (κ3) is 3.48. The maximum atomic E-state index is 12.6. The molecule has 4 rings (SSSR count). The van der Waals surface area contributed by atoms with Gasteiger partial charge in [0.05, 0.1) is 26.9 Å². The average molecular weight is 430 g/mol. The summed E-state index contributed by atoms with van der Waals surface area (Å²) in [5, 5.41) is 7.30. The molecule has 29 heavy (non-hydrogen) atoms. The molecule has 1 N–H and O–H groups in total. The zero-order valence-electron chi connectivity index (χ0n) is 15.0. The normalized spacial score (nSPS) is 13.0. The number of halogens is 2. The summed E-state index contributed by atoms with van der Waals surface area (Å²) in [4.78, 5) is 42.7. The third-order valence-corrected chi connectivity index (χ3v) is 5.00. The largest absolute Gasteiger partial charge is 0.309 e. The van der Waals surface area contributed by atoms with Crippen LogP contribution >= 0.6 is 23.2 Å². The van der Waals surface area contributed by atoms with E-state index in [1.54, 1.807) is 37.4 Å². The number of imide groups is 1. The van der Waals surface area contributed by atoms with E-state index in [2.05, 4.69) is 15.4 Å². The van der Waals surface area contributed by atoms with Crippen molar-refractivity contribution in [3.63, 3.8) is 0 Å². The molecule has 0 saturated carbocycles. The van der Waals surface area contributed by atoms with Gasteiger partial charge in [0.25, 0.3) is 11.8 Å². The van der Waals surface area contributed by atoms with Crippen LogP contribution in [0, 0.1) is 6.92 Å². The van der Waals surface area contributed by atoms with Gasteiger partial charge >= 0.3 is 0 Å². The standard InChI is InChI=1S/C19H13Cl2N5O3/c1-10-6-16(26(24-10)15-4-2-3-5-22-15)23-17(27)9-25-18(28)11-7-13(20)14(21)8-12(11)19(25)29/h2-8H,9H2,1H3,(H,23,27). The van der Waals surface area contributed by atoms with Crippen molar-refractivity contribution in [2.45, 2.75) is 6.92 Å². The number of pyridine rings is 1. The molecule has 0 spiro atoms. The van der Waals surface area contributed by atoms with Crippen LogP contribution in [0.5, 0.6) is 0 Å². The third-order valence-electron chi connectivity index (χ3n) is 4.28. The Labute approximate surface area is 175 Å². The lowest BCUT2D eigenvalue weighted by atomic mass is 10.1. The SMILES string of the molecule is Cc1cc(NC(=O)CN2C(=O)c3cc(Cl)c(Cl)cc3C2=O)n(-c2ccccn2)n1. The van der Waals surface area contributed by atoms with Crippen LogP contribution in [-0.2, 0) is 4.79 Å². The predicted molar refractivity (Wildman–Crippen MR) is 107 cm³/mol. The van der Waals surface area contributed by atoms with Crippen molar-refractivity contribution >= 4 is 46.7 Å². The van der Waals surface area contributed by atoms with Crippen molar-refractivity contribution in [3.8, 4) is 5.82 Å². The van der Waals surface area contributed by atoms with Crippen molar-refractivity contribution in [1.29, 1.82) is 0 Å². The second-order valence-electron chi connectivity index (χ2n) is 6.33. The number of carbonyl (C=O) groups excluding carboxylic acids is 3. The van der Waals surface area contributed by atoms with Crippen LogP contribution in [-0.4, -0.2) is 43.9 Å². The zero-order valence-corrected chi connectivity index (χ0v) is 16.5. The Kier molecular flexibility index (Phi) is 4.81. The number of hydrogen-bond donors (Lipinski definition) is 1. The maximum Gasteiger partial charge on any atom is 0.262 e. The van der Waals surface area contributed by atoms with Crippen LogP contribution < -0.4 is 5.32 Å². The van der Waals surface area contributed by atoms with E-state index in [4.69, 9.17) is 23.2 Å². The Morgan fingerprint density at radius 1 is 1.07 bits per heavy atom. The molecule has 0 radical (unpaired) electrons. The summed E-state index contributed by atoms with van der Waals surface area (Å²) in [6, 6.07) is 9.61. The van der Waals surface area contributed by atoms with Gasteiger partial charge in [0.15, 0.2) is 5.82 Å². The smallest absolute Gasteiger partial charge is 0.262 e. The average Bonchev–Trinajstić information content (AvgIpc) is 3.16. The van der Waals surface area contributed by atoms with Gasteiger partial charge in [0, 0.05) is 12.3 Å². The lowest BCUT2D eigenvalue weighted by Gasteiger charge is -2.14. The summed E-state index contributed by atoms with van der Waals surface area (Å²) >= 11 is 11.9. The Hall–Kier alpha value is -3.23. The minimum absolute atomic E-state index is 0.117. The number of amides is 3. The van der Waals surface area contributed by atoms with E-state index in [0.29, 0.717) is 17.3 Å². The summed E-state index contributed by atoms with van der Waals surface area (Å²) in [7, 11) is 0. The van der Waals surface area contributed by atoms with Gasteiger partial charge in [-0.05, 0) is 31.2 Å². The fraction of sp³-hybridized carbons (Fsp3) is 0.105. The molecule has 0 atom stereocenters. The molecule has 0 unspecified atom stereocenters. The van der Waals surface area contributed by atoms with E-state index in [1.165, 1.54) is 16.8 Å². The number of hydrogen-bond acceptors (Lipinski definition) is 5. The molecule has 1 aromatic carbocycles. The number of aromatic nitrogens is 3. The van der Waals surface area contributed by atoms with Gasteiger partial charge in [-0.25, -0.2) is 4.98 Å². The van der Waals surface area contributed by atoms with Gasteiger partial charge in [-0.15, -0.1) is 0 Å². The first-order valence-corrected chi connectivity index (χ1v) is 9.24. The number of benzene rings is 1. The molecule has 3 amide bonds. The number of nitrogens with one attached hydrogen (secondary N) is 1. The van der Waals surface area contributed by atoms with E-state index in [1.807, 2.05) is 0 Å². The Morgan fingerprint density at radius 3 is 2.31 bits per heavy atom. The summed E-state index contributed by atoms with van der Waals surface area (Å²) in [5.41, 5.74) is 0.897. The number of nitrogens with zero attached hydrogens (tertiary/aromatic N) is 4. The van der Waals surface area contributed by atoms with Gasteiger partial charge in [-0.2, -0.15) is 9.78 Å². The molecule has 0 saturated heterocycles. The molecule has 0 aliphatic carbocycles. The highest BCUT2D eigenvalue weighted by Gasteiger charge is 2.37. The molecular formula is C19H13Cl2N5O3. The molecule has 10 heteroatoms. The molecular weight excluding hydrogens is 417 g/mol. The fourth-order valence-corrected chi connectivity index (χ4v) is 3.32. The molecule has 3 aromatic rings. The first-order chi connectivity index (χ1) is 13.8. The highest BCUT2D eigenvalue weighted by atomic mass is 35.5. The van der Waals surface area contributed by atoms with Crippen LogP contribution in [0.15, 0.2) is 42.6 Å². The summed E-state index contributed by atoms with van der Waals surface area (Å²) in [6.45, 7) is 1.31. The number of fused-ring (bicyclic) bond motifs is 1. The summed E-state index contributed by atoms with van der Waals surface area (Å²) < 4.78 is 1.47. The van der Waals surface area contributed by atoms with E-state index < -0.39 is 24.3 Å². The van der Waals surface area contributed by atoms with E-state index in [9.17, 15) is 14.4 Å². The highest BCUT2D eigenvalue weighted by molar-refractivity contribution is 6.43. The topological polar surface area (TPSA) is 97.2 Å². The molecule has 1 aliphatic rings. The Bertz CT molecular complexity index is 1120. The second-order valence-corrected chi connectivity index (χ2v) is 7.14. The first-order valence-electron chi connectivity index (χ1n) is 8.48. The number of aryl methyl sites for hydroxylation is 1. The molecule has 1 aliphatic heterocycles.